The van der Waals surface area contributed by atoms with E-state index in [0.717, 1.165) is 23.9 Å². The molecule has 0 saturated carbocycles. The fourth-order valence-corrected chi connectivity index (χ4v) is 2.93. The second-order valence-corrected chi connectivity index (χ2v) is 4.94. The van der Waals surface area contributed by atoms with Crippen LogP contribution in [-0.4, -0.2) is 18.1 Å². The van der Waals surface area contributed by atoms with Gasteiger partial charge in [-0.2, -0.15) is 0 Å². The van der Waals surface area contributed by atoms with E-state index in [1.165, 1.54) is 17.7 Å². The van der Waals surface area contributed by atoms with Gasteiger partial charge in [0, 0.05) is 24.0 Å². The average molecular weight is 211 g/mol. The van der Waals surface area contributed by atoms with Crippen LogP contribution in [-0.2, 0) is 0 Å². The highest BCUT2D eigenvalue weighted by atomic mass is 32.1. The summed E-state index contributed by atoms with van der Waals surface area (Å²) in [4.78, 5) is 8.17. The van der Waals surface area contributed by atoms with Gasteiger partial charge in [0.25, 0.3) is 0 Å². The van der Waals surface area contributed by atoms with Crippen molar-refractivity contribution in [2.24, 2.45) is 5.73 Å². The molecule has 1 saturated heterocycles. The van der Waals surface area contributed by atoms with Gasteiger partial charge in [-0.25, -0.2) is 4.98 Å². The van der Waals surface area contributed by atoms with Crippen molar-refractivity contribution in [3.8, 4) is 0 Å². The van der Waals surface area contributed by atoms with Crippen molar-refractivity contribution in [1.82, 2.24) is 4.98 Å². The van der Waals surface area contributed by atoms with Crippen LogP contribution >= 0.6 is 11.3 Å². The quantitative estimate of drug-likeness (QED) is 0.814. The average Bonchev–Trinajstić information content (AvgIpc) is 2.70. The Morgan fingerprint density at radius 2 is 2.07 bits per heavy atom. The molecular weight excluding hydrogens is 194 g/mol. The summed E-state index contributed by atoms with van der Waals surface area (Å²) < 4.78 is 0. The van der Waals surface area contributed by atoms with Crippen LogP contribution in [0.4, 0.5) is 5.13 Å². The second kappa shape index (κ2) is 3.87. The first-order valence-corrected chi connectivity index (χ1v) is 5.98. The van der Waals surface area contributed by atoms with Crippen molar-refractivity contribution in [3.05, 3.63) is 10.6 Å². The zero-order chi connectivity index (χ0) is 10.1. The largest absolute Gasteiger partial charge is 0.348 e. The Bertz CT molecular complexity index is 313. The van der Waals surface area contributed by atoms with E-state index >= 15 is 0 Å². The van der Waals surface area contributed by atoms with Crippen LogP contribution in [0.15, 0.2) is 0 Å². The van der Waals surface area contributed by atoms with E-state index in [-0.39, 0.29) is 6.04 Å². The normalized spacial score (nSPS) is 18.9. The third-order valence-corrected chi connectivity index (χ3v) is 4.03. The number of aryl methyl sites for hydroxylation is 1. The summed E-state index contributed by atoms with van der Waals surface area (Å²) in [6.07, 6.45) is 2.60. The number of anilines is 1. The molecule has 0 radical (unpaired) electrons. The Kier molecular flexibility index (Phi) is 2.74. The molecule has 1 aliphatic rings. The first-order valence-electron chi connectivity index (χ1n) is 5.16. The van der Waals surface area contributed by atoms with Crippen molar-refractivity contribution in [2.45, 2.75) is 32.7 Å². The van der Waals surface area contributed by atoms with Gasteiger partial charge in [-0.05, 0) is 26.7 Å². The predicted octanol–water partition coefficient (Wildman–Crippen LogP) is 2.07. The minimum atomic E-state index is 0.115. The second-order valence-electron chi connectivity index (χ2n) is 3.93. The van der Waals surface area contributed by atoms with Gasteiger partial charge in [0.1, 0.15) is 0 Å². The van der Waals surface area contributed by atoms with Crippen LogP contribution in [0, 0.1) is 6.92 Å². The van der Waals surface area contributed by atoms with Gasteiger partial charge in [0.15, 0.2) is 5.13 Å². The van der Waals surface area contributed by atoms with E-state index in [4.69, 9.17) is 5.73 Å². The number of hydrogen-bond donors (Lipinski definition) is 1. The van der Waals surface area contributed by atoms with Gasteiger partial charge in [-0.3, -0.25) is 0 Å². The lowest BCUT2D eigenvalue weighted by Crippen LogP contribution is -2.17. The van der Waals surface area contributed by atoms with Crippen LogP contribution < -0.4 is 10.6 Å². The van der Waals surface area contributed by atoms with E-state index in [1.54, 1.807) is 11.3 Å². The topological polar surface area (TPSA) is 42.2 Å². The summed E-state index contributed by atoms with van der Waals surface area (Å²) in [5.41, 5.74) is 6.98. The standard InChI is InChI=1S/C10H17N3S/c1-7(11)9-8(2)12-10(14-9)13-5-3-4-6-13/h7H,3-6,11H2,1-2H3. The number of thiazole rings is 1. The monoisotopic (exact) mass is 211 g/mol. The Hall–Kier alpha value is -0.610. The maximum atomic E-state index is 5.88. The van der Waals surface area contributed by atoms with Gasteiger partial charge in [-0.15, -0.1) is 11.3 Å². The highest BCUT2D eigenvalue weighted by Gasteiger charge is 2.18. The van der Waals surface area contributed by atoms with Crippen LogP contribution in [0.2, 0.25) is 0 Å². The van der Waals surface area contributed by atoms with E-state index < -0.39 is 0 Å². The Morgan fingerprint density at radius 1 is 1.43 bits per heavy atom. The third kappa shape index (κ3) is 1.77. The summed E-state index contributed by atoms with van der Waals surface area (Å²) in [5, 5.41) is 1.16. The summed E-state index contributed by atoms with van der Waals surface area (Å²) >= 11 is 1.75. The smallest absolute Gasteiger partial charge is 0.185 e. The molecule has 78 valence electrons. The van der Waals surface area contributed by atoms with E-state index in [0.29, 0.717) is 0 Å². The van der Waals surface area contributed by atoms with E-state index in [9.17, 15) is 0 Å². The van der Waals surface area contributed by atoms with Crippen molar-refractivity contribution in [2.75, 3.05) is 18.0 Å². The fourth-order valence-electron chi connectivity index (χ4n) is 1.86. The molecule has 2 heterocycles. The molecule has 2 rings (SSSR count). The van der Waals surface area contributed by atoms with Crippen LogP contribution in [0.1, 0.15) is 36.4 Å². The third-order valence-electron chi connectivity index (χ3n) is 2.61. The van der Waals surface area contributed by atoms with Crippen LogP contribution in [0.5, 0.6) is 0 Å². The molecule has 0 aliphatic carbocycles. The molecule has 0 bridgehead atoms. The first-order chi connectivity index (χ1) is 6.68. The van der Waals surface area contributed by atoms with Gasteiger partial charge in [0.2, 0.25) is 0 Å². The zero-order valence-corrected chi connectivity index (χ0v) is 9.60. The predicted molar refractivity (Wildman–Crippen MR) is 60.9 cm³/mol. The molecule has 14 heavy (non-hydrogen) atoms. The molecule has 1 aromatic heterocycles. The number of nitrogens with zero attached hydrogens (tertiary/aromatic N) is 2. The lowest BCUT2D eigenvalue weighted by molar-refractivity contribution is 0.825. The maximum Gasteiger partial charge on any atom is 0.185 e. The summed E-state index contributed by atoms with van der Waals surface area (Å²) in [6.45, 7) is 6.39. The Morgan fingerprint density at radius 3 is 2.57 bits per heavy atom. The lowest BCUT2D eigenvalue weighted by Gasteiger charge is -2.12. The van der Waals surface area contributed by atoms with E-state index in [1.807, 2.05) is 6.92 Å². The molecule has 1 unspecified atom stereocenters. The zero-order valence-electron chi connectivity index (χ0n) is 8.79. The summed E-state index contributed by atoms with van der Waals surface area (Å²) in [7, 11) is 0. The molecule has 1 aliphatic heterocycles. The number of rotatable bonds is 2. The van der Waals surface area contributed by atoms with Crippen molar-refractivity contribution < 1.29 is 0 Å². The van der Waals surface area contributed by atoms with Crippen molar-refractivity contribution in [3.63, 3.8) is 0 Å². The Labute approximate surface area is 88.9 Å². The van der Waals surface area contributed by atoms with Crippen molar-refractivity contribution in [1.29, 1.82) is 0 Å². The van der Waals surface area contributed by atoms with Crippen molar-refractivity contribution >= 4 is 16.5 Å². The highest BCUT2D eigenvalue weighted by Crippen LogP contribution is 2.31. The molecule has 1 atom stereocenters. The highest BCUT2D eigenvalue weighted by molar-refractivity contribution is 7.15. The fraction of sp³-hybridized carbons (Fsp3) is 0.700. The summed E-state index contributed by atoms with van der Waals surface area (Å²) in [6, 6.07) is 0.115. The molecule has 1 aromatic rings. The van der Waals surface area contributed by atoms with E-state index in [2.05, 4.69) is 16.8 Å². The van der Waals surface area contributed by atoms with Crippen LogP contribution in [0.3, 0.4) is 0 Å². The van der Waals surface area contributed by atoms with Crippen LogP contribution in [0.25, 0.3) is 0 Å². The minimum Gasteiger partial charge on any atom is -0.348 e. The van der Waals surface area contributed by atoms with Gasteiger partial charge >= 0.3 is 0 Å². The number of hydrogen-bond acceptors (Lipinski definition) is 4. The molecule has 2 N–H and O–H groups in total. The van der Waals surface area contributed by atoms with Gasteiger partial charge < -0.3 is 10.6 Å². The minimum absolute atomic E-state index is 0.115. The first kappa shape index (κ1) is 9.93. The summed E-state index contributed by atoms with van der Waals surface area (Å²) in [5.74, 6) is 0. The molecule has 4 heteroatoms. The lowest BCUT2D eigenvalue weighted by atomic mass is 10.2. The van der Waals surface area contributed by atoms with Gasteiger partial charge in [0.05, 0.1) is 5.69 Å². The molecule has 1 fully saturated rings. The number of aromatic nitrogens is 1. The molecule has 0 aromatic carbocycles. The molecule has 3 nitrogen and oxygen atoms in total. The van der Waals surface area contributed by atoms with Gasteiger partial charge in [-0.1, -0.05) is 0 Å². The molecule has 0 spiro atoms. The SMILES string of the molecule is Cc1nc(N2CCCC2)sc1C(C)N. The number of nitrogens with two attached hydrogens (primary N) is 1. The Balaban J connectivity index is 2.22. The molecular formula is C10H17N3S. The molecule has 0 amide bonds. The maximum absolute atomic E-state index is 5.88.